The molecule has 24 heavy (non-hydrogen) atoms. The van der Waals surface area contributed by atoms with Crippen LogP contribution in [0.15, 0.2) is 42.5 Å². The van der Waals surface area contributed by atoms with E-state index in [1.54, 1.807) is 31.2 Å². The Kier molecular flexibility index (Phi) is 4.52. The quantitative estimate of drug-likeness (QED) is 0.868. The fourth-order valence-corrected chi connectivity index (χ4v) is 3.04. The van der Waals surface area contributed by atoms with E-state index in [-0.39, 0.29) is 5.91 Å². The molecule has 0 aromatic heterocycles. The molecule has 1 aliphatic heterocycles. The van der Waals surface area contributed by atoms with E-state index in [2.05, 4.69) is 19.1 Å². The molecule has 1 atom stereocenters. The molecule has 1 aliphatic rings. The number of fused-ring (bicyclic) bond motifs is 1. The highest BCUT2D eigenvalue weighted by Gasteiger charge is 2.27. The Morgan fingerprint density at radius 2 is 2.00 bits per heavy atom. The molecule has 0 radical (unpaired) electrons. The lowest BCUT2D eigenvalue weighted by Gasteiger charge is -2.31. The largest absolute Gasteiger partial charge is 0.481 e. The summed E-state index contributed by atoms with van der Waals surface area (Å²) in [6, 6.07) is 15.1. The van der Waals surface area contributed by atoms with E-state index in [4.69, 9.17) is 10.00 Å². The molecule has 3 rings (SSSR count). The van der Waals surface area contributed by atoms with Gasteiger partial charge in [0.2, 0.25) is 0 Å². The molecule has 0 N–H and O–H groups in total. The fourth-order valence-electron chi connectivity index (χ4n) is 3.04. The van der Waals surface area contributed by atoms with Gasteiger partial charge in [0.15, 0.2) is 6.10 Å². The fraction of sp³-hybridized carbons (Fsp3) is 0.300. The zero-order chi connectivity index (χ0) is 17.1. The molecule has 1 heterocycles. The predicted molar refractivity (Wildman–Crippen MR) is 93.1 cm³/mol. The first-order valence-electron chi connectivity index (χ1n) is 8.16. The molecule has 1 unspecified atom stereocenters. The third-order valence-electron chi connectivity index (χ3n) is 4.26. The maximum absolute atomic E-state index is 12.8. The minimum Gasteiger partial charge on any atom is -0.481 e. The van der Waals surface area contributed by atoms with Gasteiger partial charge in [-0.2, -0.15) is 5.26 Å². The van der Waals surface area contributed by atoms with E-state index in [0.717, 1.165) is 25.1 Å². The molecule has 1 amide bonds. The summed E-state index contributed by atoms with van der Waals surface area (Å²) in [7, 11) is 0. The van der Waals surface area contributed by atoms with Gasteiger partial charge in [0.1, 0.15) is 5.75 Å². The zero-order valence-electron chi connectivity index (χ0n) is 14.0. The van der Waals surface area contributed by atoms with Gasteiger partial charge in [-0.1, -0.05) is 17.7 Å². The minimum absolute atomic E-state index is 0.0378. The summed E-state index contributed by atoms with van der Waals surface area (Å²) >= 11 is 0. The second-order valence-electron chi connectivity index (χ2n) is 6.12. The predicted octanol–water partition coefficient (Wildman–Crippen LogP) is 3.61. The zero-order valence-corrected chi connectivity index (χ0v) is 14.0. The Morgan fingerprint density at radius 3 is 2.71 bits per heavy atom. The van der Waals surface area contributed by atoms with Crippen LogP contribution in [0.5, 0.6) is 5.75 Å². The van der Waals surface area contributed by atoms with Crippen LogP contribution in [0.4, 0.5) is 5.69 Å². The van der Waals surface area contributed by atoms with Crippen molar-refractivity contribution in [3.63, 3.8) is 0 Å². The molecule has 122 valence electrons. The molecule has 4 heteroatoms. The van der Waals surface area contributed by atoms with Gasteiger partial charge in [0.25, 0.3) is 5.91 Å². The molecular formula is C20H20N2O2. The van der Waals surface area contributed by atoms with Crippen LogP contribution in [0.1, 0.15) is 30.0 Å². The molecule has 0 spiro atoms. The first kappa shape index (κ1) is 16.1. The van der Waals surface area contributed by atoms with E-state index in [9.17, 15) is 4.79 Å². The van der Waals surface area contributed by atoms with Crippen molar-refractivity contribution in [2.75, 3.05) is 11.4 Å². The number of benzene rings is 2. The lowest BCUT2D eigenvalue weighted by molar-refractivity contribution is -0.124. The number of aryl methyl sites for hydroxylation is 2. The van der Waals surface area contributed by atoms with Crippen LogP contribution in [0.2, 0.25) is 0 Å². The highest BCUT2D eigenvalue weighted by molar-refractivity contribution is 5.97. The third kappa shape index (κ3) is 3.26. The van der Waals surface area contributed by atoms with Crippen LogP contribution in [-0.4, -0.2) is 18.6 Å². The summed E-state index contributed by atoms with van der Waals surface area (Å²) in [4.78, 5) is 14.6. The Balaban J connectivity index is 1.75. The number of nitrogens with zero attached hydrogens (tertiary/aromatic N) is 2. The number of nitriles is 1. The second kappa shape index (κ2) is 6.76. The highest BCUT2D eigenvalue weighted by atomic mass is 16.5. The van der Waals surface area contributed by atoms with Gasteiger partial charge in [0.05, 0.1) is 11.6 Å². The van der Waals surface area contributed by atoms with Crippen LogP contribution in [0.3, 0.4) is 0 Å². The van der Waals surface area contributed by atoms with Gasteiger partial charge in [-0.15, -0.1) is 0 Å². The SMILES string of the molecule is Cc1ccc2c(c1)CCCN2C(=O)C(C)Oc1ccc(C#N)cc1. The van der Waals surface area contributed by atoms with Crippen molar-refractivity contribution < 1.29 is 9.53 Å². The molecule has 2 aromatic rings. The molecule has 0 saturated carbocycles. The van der Waals surface area contributed by atoms with Gasteiger partial charge < -0.3 is 9.64 Å². The average molecular weight is 320 g/mol. The lowest BCUT2D eigenvalue weighted by Crippen LogP contribution is -2.43. The molecule has 4 nitrogen and oxygen atoms in total. The van der Waals surface area contributed by atoms with Crippen molar-refractivity contribution in [3.05, 3.63) is 59.2 Å². The number of ether oxygens (including phenoxy) is 1. The van der Waals surface area contributed by atoms with E-state index in [1.165, 1.54) is 11.1 Å². The summed E-state index contributed by atoms with van der Waals surface area (Å²) in [6.45, 7) is 4.55. The second-order valence-corrected chi connectivity index (χ2v) is 6.12. The first-order valence-corrected chi connectivity index (χ1v) is 8.16. The Bertz CT molecular complexity index is 790. The first-order chi connectivity index (χ1) is 11.6. The van der Waals surface area contributed by atoms with Crippen molar-refractivity contribution in [2.45, 2.75) is 32.8 Å². The summed E-state index contributed by atoms with van der Waals surface area (Å²) in [5.41, 5.74) is 4.00. The Hall–Kier alpha value is -2.80. The smallest absolute Gasteiger partial charge is 0.267 e. The van der Waals surface area contributed by atoms with Gasteiger partial charge >= 0.3 is 0 Å². The van der Waals surface area contributed by atoms with Gasteiger partial charge in [-0.05, 0) is 62.6 Å². The van der Waals surface area contributed by atoms with Crippen LogP contribution in [0.25, 0.3) is 0 Å². The van der Waals surface area contributed by atoms with Crippen LogP contribution < -0.4 is 9.64 Å². The monoisotopic (exact) mass is 320 g/mol. The van der Waals surface area contributed by atoms with E-state index in [0.29, 0.717) is 11.3 Å². The van der Waals surface area contributed by atoms with E-state index < -0.39 is 6.10 Å². The Labute approximate surface area is 142 Å². The maximum atomic E-state index is 12.8. The third-order valence-corrected chi connectivity index (χ3v) is 4.26. The minimum atomic E-state index is -0.579. The van der Waals surface area contributed by atoms with Crippen molar-refractivity contribution in [2.24, 2.45) is 0 Å². The van der Waals surface area contributed by atoms with Gasteiger partial charge in [-0.25, -0.2) is 0 Å². The molecule has 0 fully saturated rings. The lowest BCUT2D eigenvalue weighted by atomic mass is 9.99. The number of carbonyl (C=O) groups excluding carboxylic acids is 1. The van der Waals surface area contributed by atoms with Crippen molar-refractivity contribution >= 4 is 11.6 Å². The van der Waals surface area contributed by atoms with Crippen LogP contribution in [-0.2, 0) is 11.2 Å². The standard InChI is InChI=1S/C20H20N2O2/c1-14-5-10-19-17(12-14)4-3-11-22(19)20(23)15(2)24-18-8-6-16(13-21)7-9-18/h5-10,12,15H,3-4,11H2,1-2H3. The molecule has 2 aromatic carbocycles. The van der Waals surface area contributed by atoms with E-state index >= 15 is 0 Å². The number of carbonyl (C=O) groups is 1. The molecular weight excluding hydrogens is 300 g/mol. The Morgan fingerprint density at radius 1 is 1.25 bits per heavy atom. The summed E-state index contributed by atoms with van der Waals surface area (Å²) in [5, 5.41) is 8.83. The highest BCUT2D eigenvalue weighted by Crippen LogP contribution is 2.29. The topological polar surface area (TPSA) is 53.3 Å². The van der Waals surface area contributed by atoms with E-state index in [1.807, 2.05) is 17.0 Å². The van der Waals surface area contributed by atoms with Crippen molar-refractivity contribution in [1.82, 2.24) is 0 Å². The van der Waals surface area contributed by atoms with Crippen LogP contribution >= 0.6 is 0 Å². The normalized spacial score (nSPS) is 14.5. The number of rotatable bonds is 3. The summed E-state index contributed by atoms with van der Waals surface area (Å²) in [5.74, 6) is 0.556. The van der Waals surface area contributed by atoms with Gasteiger partial charge in [-0.3, -0.25) is 4.79 Å². The summed E-state index contributed by atoms with van der Waals surface area (Å²) in [6.07, 6.45) is 1.39. The van der Waals surface area contributed by atoms with Gasteiger partial charge in [0, 0.05) is 12.2 Å². The number of hydrogen-bond donors (Lipinski definition) is 0. The number of hydrogen-bond acceptors (Lipinski definition) is 3. The number of anilines is 1. The average Bonchev–Trinajstić information content (AvgIpc) is 2.61. The molecule has 0 aliphatic carbocycles. The number of amides is 1. The molecule has 0 saturated heterocycles. The maximum Gasteiger partial charge on any atom is 0.267 e. The summed E-state index contributed by atoms with van der Waals surface area (Å²) < 4.78 is 5.77. The van der Waals surface area contributed by atoms with Crippen molar-refractivity contribution in [1.29, 1.82) is 5.26 Å². The van der Waals surface area contributed by atoms with Crippen molar-refractivity contribution in [3.8, 4) is 11.8 Å². The van der Waals surface area contributed by atoms with Crippen LogP contribution in [0, 0.1) is 18.3 Å². The molecule has 0 bridgehead atoms.